The Kier molecular flexibility index (Phi) is 12.5. The number of hydrogen-bond acceptors (Lipinski definition) is 9. The van der Waals surface area contributed by atoms with Crippen LogP contribution in [0.25, 0.3) is 10.4 Å². The summed E-state index contributed by atoms with van der Waals surface area (Å²) in [5, 5.41) is 22.7. The van der Waals surface area contributed by atoms with Crippen molar-refractivity contribution in [1.29, 1.82) is 0 Å². The minimum absolute atomic E-state index is 0.00109. The third kappa shape index (κ3) is 9.72. The molecule has 2 saturated heterocycles. The van der Waals surface area contributed by atoms with E-state index in [9.17, 15) is 24.3 Å². The van der Waals surface area contributed by atoms with E-state index in [1.807, 2.05) is 88.7 Å². The van der Waals surface area contributed by atoms with Crippen molar-refractivity contribution in [3.8, 4) is 10.4 Å². The molecule has 0 radical (unpaired) electrons. The average Bonchev–Trinajstić information content (AvgIpc) is 3.73. The van der Waals surface area contributed by atoms with Crippen LogP contribution in [0.1, 0.15) is 74.6 Å². The fourth-order valence-electron chi connectivity index (χ4n) is 6.55. The minimum atomic E-state index is -0.922. The lowest BCUT2D eigenvalue weighted by Crippen LogP contribution is -2.57. The fraction of sp³-hybridized carbons (Fsp3) is 0.500. The predicted octanol–water partition coefficient (Wildman–Crippen LogP) is 3.41. The second kappa shape index (κ2) is 16.8. The summed E-state index contributed by atoms with van der Waals surface area (Å²) in [5.74, 6) is -1.31. The number of aliphatic hydroxyl groups excluding tert-OH is 1. The highest BCUT2D eigenvalue weighted by Gasteiger charge is 2.44. The number of amides is 4. The number of nitrogens with one attached hydrogen (secondary N) is 4. The summed E-state index contributed by atoms with van der Waals surface area (Å²) in [4.78, 5) is 62.4. The van der Waals surface area contributed by atoms with E-state index >= 15 is 0 Å². The molecule has 0 bridgehead atoms. The van der Waals surface area contributed by atoms with Crippen LogP contribution in [-0.2, 0) is 14.4 Å². The van der Waals surface area contributed by atoms with Gasteiger partial charge in [0.25, 0.3) is 5.91 Å². The average molecular weight is 718 g/mol. The maximum Gasteiger partial charge on any atom is 0.251 e. The molecule has 0 saturated carbocycles. The summed E-state index contributed by atoms with van der Waals surface area (Å²) < 4.78 is 0. The van der Waals surface area contributed by atoms with Gasteiger partial charge in [-0.05, 0) is 61.1 Å². The van der Waals surface area contributed by atoms with E-state index in [1.165, 1.54) is 4.90 Å². The number of likely N-dealkylation sites (tertiary alicyclic amines) is 1. The number of aryl methyl sites for hydroxylation is 1. The molecule has 3 aromatic rings. The third-order valence-electron chi connectivity index (χ3n) is 9.54. The van der Waals surface area contributed by atoms with Gasteiger partial charge in [-0.25, -0.2) is 4.98 Å². The predicted molar refractivity (Wildman–Crippen MR) is 199 cm³/mol. The molecule has 2 aliphatic heterocycles. The van der Waals surface area contributed by atoms with Gasteiger partial charge < -0.3 is 36.2 Å². The summed E-state index contributed by atoms with van der Waals surface area (Å²) in [6.07, 6.45) is -0.262. The molecular formula is C38H51N7O5S. The third-order valence-corrected chi connectivity index (χ3v) is 10.5. The lowest BCUT2D eigenvalue weighted by atomic mass is 9.85. The summed E-state index contributed by atoms with van der Waals surface area (Å²) in [6.45, 7) is 13.4. The second-order valence-electron chi connectivity index (χ2n) is 14.5. The Morgan fingerprint density at radius 1 is 1.02 bits per heavy atom. The molecule has 3 heterocycles. The molecule has 274 valence electrons. The van der Waals surface area contributed by atoms with Crippen LogP contribution in [0.4, 0.5) is 5.69 Å². The molecule has 1 aromatic heterocycles. The van der Waals surface area contributed by atoms with Crippen molar-refractivity contribution < 1.29 is 24.3 Å². The van der Waals surface area contributed by atoms with Gasteiger partial charge in [0, 0.05) is 63.4 Å². The molecule has 51 heavy (non-hydrogen) atoms. The number of nitrogens with zero attached hydrogens (tertiary/aromatic N) is 3. The van der Waals surface area contributed by atoms with Gasteiger partial charge >= 0.3 is 0 Å². The van der Waals surface area contributed by atoms with E-state index in [0.717, 1.165) is 53.6 Å². The number of thiazole rings is 1. The summed E-state index contributed by atoms with van der Waals surface area (Å²) in [5.41, 5.74) is 5.72. The Bertz CT molecular complexity index is 1660. The second-order valence-corrected chi connectivity index (χ2v) is 15.4. The first-order valence-electron chi connectivity index (χ1n) is 17.7. The Balaban J connectivity index is 1.12. The van der Waals surface area contributed by atoms with Crippen LogP contribution in [0.15, 0.2) is 54.0 Å². The number of rotatable bonds is 12. The molecule has 4 amide bonds. The number of piperazine rings is 1. The van der Waals surface area contributed by atoms with Crippen LogP contribution >= 0.6 is 11.3 Å². The van der Waals surface area contributed by atoms with Crippen LogP contribution in [0.3, 0.4) is 0 Å². The first kappa shape index (κ1) is 37.9. The number of anilines is 1. The van der Waals surface area contributed by atoms with E-state index < -0.39 is 29.5 Å². The molecule has 5 N–H and O–H groups in total. The molecule has 4 atom stereocenters. The first-order valence-corrected chi connectivity index (χ1v) is 18.6. The monoisotopic (exact) mass is 717 g/mol. The normalized spacial score (nSPS) is 18.9. The van der Waals surface area contributed by atoms with Crippen molar-refractivity contribution in [2.75, 3.05) is 44.2 Å². The van der Waals surface area contributed by atoms with Crippen LogP contribution < -0.4 is 26.2 Å². The zero-order chi connectivity index (χ0) is 36.7. The number of aliphatic hydroxyl groups is 1. The van der Waals surface area contributed by atoms with Gasteiger partial charge in [0.1, 0.15) is 12.1 Å². The van der Waals surface area contributed by atoms with Gasteiger partial charge in [-0.15, -0.1) is 11.3 Å². The maximum absolute atomic E-state index is 14.0. The van der Waals surface area contributed by atoms with Crippen LogP contribution in [-0.4, -0.2) is 96.1 Å². The van der Waals surface area contributed by atoms with E-state index in [-0.39, 0.29) is 43.1 Å². The first-order chi connectivity index (χ1) is 24.3. The topological polar surface area (TPSA) is 156 Å². The molecule has 1 unspecified atom stereocenters. The molecule has 5 rings (SSSR count). The van der Waals surface area contributed by atoms with Crippen molar-refractivity contribution in [2.24, 2.45) is 5.41 Å². The van der Waals surface area contributed by atoms with Gasteiger partial charge in [-0.1, -0.05) is 45.0 Å². The molecule has 0 aliphatic carbocycles. The largest absolute Gasteiger partial charge is 0.391 e. The van der Waals surface area contributed by atoms with E-state index in [1.54, 1.807) is 11.3 Å². The number of carbonyl (C=O) groups excluding carboxylic acids is 4. The molecule has 2 fully saturated rings. The maximum atomic E-state index is 14.0. The van der Waals surface area contributed by atoms with Gasteiger partial charge in [0.15, 0.2) is 0 Å². The van der Waals surface area contributed by atoms with E-state index in [0.29, 0.717) is 18.5 Å². The molecule has 2 aliphatic rings. The van der Waals surface area contributed by atoms with Crippen molar-refractivity contribution in [1.82, 2.24) is 31.2 Å². The summed E-state index contributed by atoms with van der Waals surface area (Å²) >= 11 is 1.58. The van der Waals surface area contributed by atoms with Gasteiger partial charge in [-0.3, -0.25) is 19.2 Å². The molecule has 0 spiro atoms. The summed E-state index contributed by atoms with van der Waals surface area (Å²) in [6, 6.07) is 13.3. The number of benzene rings is 2. The highest BCUT2D eigenvalue weighted by molar-refractivity contribution is 7.13. The Labute approximate surface area is 304 Å². The van der Waals surface area contributed by atoms with Crippen molar-refractivity contribution in [2.45, 2.75) is 78.1 Å². The van der Waals surface area contributed by atoms with Gasteiger partial charge in [0.05, 0.1) is 28.2 Å². The van der Waals surface area contributed by atoms with Crippen molar-refractivity contribution >= 4 is 40.7 Å². The number of β-amino-alcohol motifs (C(OH)–C–C–N with tert-alkyl or cyclic N) is 1. The quantitative estimate of drug-likeness (QED) is 0.179. The zero-order valence-electron chi connectivity index (χ0n) is 30.2. The number of aromatic nitrogens is 1. The zero-order valence-corrected chi connectivity index (χ0v) is 31.0. The molecule has 2 aromatic carbocycles. The molecule has 13 heteroatoms. The van der Waals surface area contributed by atoms with Crippen LogP contribution in [0, 0.1) is 12.3 Å². The lowest BCUT2D eigenvalue weighted by molar-refractivity contribution is -0.144. The Morgan fingerprint density at radius 3 is 2.33 bits per heavy atom. The standard InChI is InChI=1S/C38H51N7O5S/c1-24(26-8-10-27(11-9-26)33-25(2)41-23-51-33)42-36(49)31-21-30(46)22-45(31)37(50)34(38(3,4)5)43-32(47)7-6-16-40-35(48)28-12-14-29(15-13-28)44-19-17-39-18-20-44/h8-15,23-24,30-31,34,39,46H,6-7,16-22H2,1-5H3,(H,40,48)(H,42,49)(H,43,47)/t24-,30+,31?,34+/m0/s1. The van der Waals surface area contributed by atoms with Crippen molar-refractivity contribution in [3.63, 3.8) is 0 Å². The summed E-state index contributed by atoms with van der Waals surface area (Å²) in [7, 11) is 0. The smallest absolute Gasteiger partial charge is 0.251 e. The van der Waals surface area contributed by atoms with Crippen LogP contribution in [0.2, 0.25) is 0 Å². The molecular weight excluding hydrogens is 667 g/mol. The van der Waals surface area contributed by atoms with Crippen molar-refractivity contribution in [3.05, 3.63) is 70.9 Å². The fourth-order valence-corrected chi connectivity index (χ4v) is 7.36. The SMILES string of the molecule is Cc1ncsc1-c1ccc([C@H](C)NC(=O)C2C[C@@H](O)CN2C(=O)[C@@H](NC(=O)CCCNC(=O)c2ccc(N3CCNCC3)cc2)C(C)(C)C)cc1. The Hall–Kier alpha value is -4.33. The lowest BCUT2D eigenvalue weighted by Gasteiger charge is -2.35. The minimum Gasteiger partial charge on any atom is -0.391 e. The number of hydrogen-bond donors (Lipinski definition) is 5. The highest BCUT2D eigenvalue weighted by Crippen LogP contribution is 2.29. The van der Waals surface area contributed by atoms with E-state index in [2.05, 4.69) is 31.2 Å². The molecule has 12 nitrogen and oxygen atoms in total. The highest BCUT2D eigenvalue weighted by atomic mass is 32.1. The van der Waals surface area contributed by atoms with Gasteiger partial charge in [-0.2, -0.15) is 0 Å². The van der Waals surface area contributed by atoms with Gasteiger partial charge in [0.2, 0.25) is 17.7 Å². The Morgan fingerprint density at radius 2 is 1.71 bits per heavy atom. The number of carbonyl (C=O) groups is 4. The van der Waals surface area contributed by atoms with Crippen LogP contribution in [0.5, 0.6) is 0 Å². The van der Waals surface area contributed by atoms with E-state index in [4.69, 9.17) is 0 Å².